The fraction of sp³-hybridized carbons (Fsp3) is 0.350. The summed E-state index contributed by atoms with van der Waals surface area (Å²) in [5.74, 6) is 0.196. The van der Waals surface area contributed by atoms with Crippen molar-refractivity contribution in [2.75, 3.05) is 6.54 Å². The molecule has 0 saturated carbocycles. The Labute approximate surface area is 156 Å². The maximum atomic E-state index is 14.0. The van der Waals surface area contributed by atoms with E-state index in [1.165, 1.54) is 6.07 Å². The lowest BCUT2D eigenvalue weighted by Crippen LogP contribution is -2.39. The molecule has 140 valence electrons. The smallest absolute Gasteiger partial charge is 0.227 e. The normalized spacial score (nSPS) is 17.3. The van der Waals surface area contributed by atoms with Crippen molar-refractivity contribution in [3.05, 3.63) is 59.3 Å². The van der Waals surface area contributed by atoms with Crippen molar-refractivity contribution in [1.29, 1.82) is 0 Å². The van der Waals surface area contributed by atoms with Crippen molar-refractivity contribution in [3.63, 3.8) is 0 Å². The number of hydrogen-bond acceptors (Lipinski definition) is 4. The van der Waals surface area contributed by atoms with Gasteiger partial charge in [-0.25, -0.2) is 4.39 Å². The highest BCUT2D eigenvalue weighted by molar-refractivity contribution is 5.79. The topological polar surface area (TPSA) is 75.0 Å². The monoisotopic (exact) mass is 368 g/mol. The van der Waals surface area contributed by atoms with Crippen molar-refractivity contribution in [2.45, 2.75) is 38.6 Å². The highest BCUT2D eigenvalue weighted by Gasteiger charge is 2.32. The van der Waals surface area contributed by atoms with E-state index in [9.17, 15) is 9.18 Å². The highest BCUT2D eigenvalue weighted by atomic mass is 19.1. The van der Waals surface area contributed by atoms with Gasteiger partial charge in [0.2, 0.25) is 5.91 Å². The summed E-state index contributed by atoms with van der Waals surface area (Å²) < 4.78 is 19.4. The van der Waals surface area contributed by atoms with E-state index >= 15 is 0 Å². The Morgan fingerprint density at radius 2 is 2.22 bits per heavy atom. The van der Waals surface area contributed by atoms with Gasteiger partial charge in [-0.15, -0.1) is 0 Å². The first kappa shape index (κ1) is 17.5. The number of aromatic nitrogens is 3. The van der Waals surface area contributed by atoms with E-state index in [4.69, 9.17) is 4.52 Å². The van der Waals surface area contributed by atoms with Crippen molar-refractivity contribution >= 4 is 5.91 Å². The van der Waals surface area contributed by atoms with Gasteiger partial charge in [-0.1, -0.05) is 23.4 Å². The summed E-state index contributed by atoms with van der Waals surface area (Å²) >= 11 is 0. The minimum atomic E-state index is -0.348. The number of hydrogen-bond donors (Lipinski definition) is 1. The third kappa shape index (κ3) is 3.49. The Balaban J connectivity index is 1.61. The van der Waals surface area contributed by atoms with E-state index in [-0.39, 0.29) is 24.2 Å². The molecule has 1 unspecified atom stereocenters. The zero-order valence-electron chi connectivity index (χ0n) is 15.1. The summed E-state index contributed by atoms with van der Waals surface area (Å²) in [7, 11) is 0. The van der Waals surface area contributed by atoms with Crippen molar-refractivity contribution in [1.82, 2.24) is 20.3 Å². The third-order valence-electron chi connectivity index (χ3n) is 5.02. The summed E-state index contributed by atoms with van der Waals surface area (Å²) in [6, 6.07) is 8.13. The van der Waals surface area contributed by atoms with Gasteiger partial charge in [0.1, 0.15) is 5.82 Å². The average molecular weight is 368 g/mol. The molecule has 7 heteroatoms. The summed E-state index contributed by atoms with van der Waals surface area (Å²) in [6.07, 6.45) is 4.52. The Morgan fingerprint density at radius 3 is 3.00 bits per heavy atom. The van der Waals surface area contributed by atoms with Crippen LogP contribution in [0.5, 0.6) is 0 Å². The Kier molecular flexibility index (Phi) is 4.75. The van der Waals surface area contributed by atoms with Gasteiger partial charge in [0.15, 0.2) is 5.76 Å². The Bertz CT molecular complexity index is 949. The summed E-state index contributed by atoms with van der Waals surface area (Å²) in [6.45, 7) is 2.50. The number of piperidine rings is 1. The number of benzene rings is 1. The van der Waals surface area contributed by atoms with Gasteiger partial charge in [-0.3, -0.25) is 9.89 Å². The number of amides is 1. The molecule has 4 rings (SSSR count). The molecule has 3 heterocycles. The van der Waals surface area contributed by atoms with Gasteiger partial charge < -0.3 is 9.42 Å². The third-order valence-corrected chi connectivity index (χ3v) is 5.02. The van der Waals surface area contributed by atoms with Gasteiger partial charge in [0.05, 0.1) is 35.6 Å². The SMILES string of the molecule is Cc1cc(-c2cn[nH]c2C2CCCCN2C(=O)Cc2ccccc2F)on1. The summed E-state index contributed by atoms with van der Waals surface area (Å²) in [5.41, 5.74) is 2.86. The fourth-order valence-corrected chi connectivity index (χ4v) is 3.67. The molecule has 0 bridgehead atoms. The van der Waals surface area contributed by atoms with Crippen LogP contribution < -0.4 is 0 Å². The van der Waals surface area contributed by atoms with Crippen LogP contribution in [0.25, 0.3) is 11.3 Å². The largest absolute Gasteiger partial charge is 0.356 e. The molecule has 1 N–H and O–H groups in total. The van der Waals surface area contributed by atoms with Crippen LogP contribution in [0.15, 0.2) is 41.1 Å². The van der Waals surface area contributed by atoms with Crippen LogP contribution in [0, 0.1) is 12.7 Å². The number of halogens is 1. The number of aromatic amines is 1. The second-order valence-electron chi connectivity index (χ2n) is 6.90. The molecule has 2 aromatic heterocycles. The number of rotatable bonds is 4. The van der Waals surface area contributed by atoms with Crippen LogP contribution in [-0.2, 0) is 11.2 Å². The molecule has 0 radical (unpaired) electrons. The quantitative estimate of drug-likeness (QED) is 0.760. The average Bonchev–Trinajstić information content (AvgIpc) is 3.32. The molecule has 1 aromatic carbocycles. The minimum absolute atomic E-state index is 0.0497. The predicted molar refractivity (Wildman–Crippen MR) is 97.2 cm³/mol. The zero-order valence-corrected chi connectivity index (χ0v) is 15.1. The first-order chi connectivity index (χ1) is 13.1. The lowest BCUT2D eigenvalue weighted by molar-refractivity contribution is -0.134. The fourth-order valence-electron chi connectivity index (χ4n) is 3.67. The molecule has 1 atom stereocenters. The van der Waals surface area contributed by atoms with E-state index in [1.807, 2.05) is 17.9 Å². The number of carbonyl (C=O) groups is 1. The number of carbonyl (C=O) groups excluding carboxylic acids is 1. The maximum Gasteiger partial charge on any atom is 0.227 e. The molecular formula is C20H21FN4O2. The molecule has 0 aliphatic carbocycles. The van der Waals surface area contributed by atoms with E-state index in [2.05, 4.69) is 15.4 Å². The highest BCUT2D eigenvalue weighted by Crippen LogP contribution is 2.36. The van der Waals surface area contributed by atoms with Crippen molar-refractivity contribution in [2.24, 2.45) is 0 Å². The zero-order chi connectivity index (χ0) is 18.8. The molecule has 27 heavy (non-hydrogen) atoms. The Morgan fingerprint density at radius 1 is 1.37 bits per heavy atom. The van der Waals surface area contributed by atoms with E-state index in [0.29, 0.717) is 17.9 Å². The second kappa shape index (κ2) is 7.34. The van der Waals surface area contributed by atoms with Crippen molar-refractivity contribution < 1.29 is 13.7 Å². The van der Waals surface area contributed by atoms with E-state index in [1.54, 1.807) is 24.4 Å². The number of H-pyrrole nitrogens is 1. The molecule has 0 spiro atoms. The number of nitrogens with zero attached hydrogens (tertiary/aromatic N) is 3. The number of nitrogens with one attached hydrogen (secondary N) is 1. The van der Waals surface area contributed by atoms with Crippen LogP contribution in [0.2, 0.25) is 0 Å². The van der Waals surface area contributed by atoms with E-state index < -0.39 is 0 Å². The van der Waals surface area contributed by atoms with Crippen LogP contribution in [0.3, 0.4) is 0 Å². The van der Waals surface area contributed by atoms with Gasteiger partial charge in [-0.2, -0.15) is 5.10 Å². The van der Waals surface area contributed by atoms with Crippen LogP contribution in [0.4, 0.5) is 4.39 Å². The Hall–Kier alpha value is -2.96. The predicted octanol–water partition coefficient (Wildman–Crippen LogP) is 3.81. The van der Waals surface area contributed by atoms with Gasteiger partial charge >= 0.3 is 0 Å². The minimum Gasteiger partial charge on any atom is -0.356 e. The maximum absolute atomic E-state index is 14.0. The molecule has 1 amide bonds. The molecular weight excluding hydrogens is 347 g/mol. The standard InChI is InChI=1S/C20H21FN4O2/c1-13-10-18(27-24-13)15-12-22-23-20(15)17-8-4-5-9-25(17)19(26)11-14-6-2-3-7-16(14)21/h2-3,6-7,10,12,17H,4-5,8-9,11H2,1H3,(H,22,23). The molecule has 6 nitrogen and oxygen atoms in total. The van der Waals surface area contributed by atoms with Gasteiger partial charge in [-0.05, 0) is 37.8 Å². The molecule has 3 aromatic rings. The summed E-state index contributed by atoms with van der Waals surface area (Å²) in [4.78, 5) is 14.8. The first-order valence-electron chi connectivity index (χ1n) is 9.13. The number of likely N-dealkylation sites (tertiary alicyclic amines) is 1. The molecule has 1 saturated heterocycles. The molecule has 1 fully saturated rings. The van der Waals surface area contributed by atoms with Crippen LogP contribution in [-0.4, -0.2) is 32.7 Å². The van der Waals surface area contributed by atoms with E-state index in [0.717, 1.165) is 36.2 Å². The molecule has 1 aliphatic heterocycles. The lowest BCUT2D eigenvalue weighted by atomic mass is 9.95. The lowest BCUT2D eigenvalue weighted by Gasteiger charge is -2.35. The van der Waals surface area contributed by atoms with Gasteiger partial charge in [0.25, 0.3) is 0 Å². The van der Waals surface area contributed by atoms with Crippen molar-refractivity contribution in [3.8, 4) is 11.3 Å². The van der Waals surface area contributed by atoms with Crippen LogP contribution >= 0.6 is 0 Å². The van der Waals surface area contributed by atoms with Crippen LogP contribution in [0.1, 0.15) is 42.3 Å². The summed E-state index contributed by atoms with van der Waals surface area (Å²) in [5, 5.41) is 11.1. The number of aryl methyl sites for hydroxylation is 1. The first-order valence-corrected chi connectivity index (χ1v) is 9.13. The second-order valence-corrected chi connectivity index (χ2v) is 6.90. The van der Waals surface area contributed by atoms with Gasteiger partial charge in [0, 0.05) is 12.6 Å². The molecule has 1 aliphatic rings.